The third-order valence-electron chi connectivity index (χ3n) is 2.61. The molecule has 0 spiro atoms. The highest BCUT2D eigenvalue weighted by atomic mass is 32.1. The number of nitrogen functional groups attached to an aromatic ring is 1. The van der Waals surface area contributed by atoms with E-state index in [1.807, 2.05) is 0 Å². The Morgan fingerprint density at radius 2 is 1.74 bits per heavy atom. The molecule has 0 aliphatic rings. The van der Waals surface area contributed by atoms with Crippen molar-refractivity contribution < 1.29 is 14.2 Å². The number of nitrogens with zero attached hydrogens (tertiary/aromatic N) is 2. The van der Waals surface area contributed by atoms with E-state index in [0.717, 1.165) is 0 Å². The predicted molar refractivity (Wildman–Crippen MR) is 72.8 cm³/mol. The first-order valence-electron chi connectivity index (χ1n) is 5.35. The molecule has 102 valence electrons. The summed E-state index contributed by atoms with van der Waals surface area (Å²) in [6.45, 7) is 0. The van der Waals surface area contributed by atoms with Crippen molar-refractivity contribution in [3.63, 3.8) is 0 Å². The lowest BCUT2D eigenvalue weighted by atomic mass is 10.2. The van der Waals surface area contributed by atoms with Crippen LogP contribution in [0.3, 0.4) is 0 Å². The normalized spacial score (nSPS) is 10.3. The Hall–Kier alpha value is -2.22. The van der Waals surface area contributed by atoms with E-state index >= 15 is 0 Å². The number of nitrogens with one attached hydrogen (secondary N) is 1. The quantitative estimate of drug-likeness (QED) is 0.827. The summed E-state index contributed by atoms with van der Waals surface area (Å²) in [6.07, 6.45) is 0. The van der Waals surface area contributed by atoms with Crippen LogP contribution in [-0.2, 0) is 0 Å². The topological polar surface area (TPSA) is 87.3 Å². The van der Waals surface area contributed by atoms with Crippen LogP contribution in [0.25, 0.3) is 5.69 Å². The van der Waals surface area contributed by atoms with Crippen molar-refractivity contribution in [1.82, 2.24) is 14.8 Å². The number of H-pyrrole nitrogens is 1. The van der Waals surface area contributed by atoms with Gasteiger partial charge in [-0.25, -0.2) is 5.10 Å². The molecule has 0 radical (unpaired) electrons. The Morgan fingerprint density at radius 1 is 1.16 bits per heavy atom. The van der Waals surface area contributed by atoms with E-state index < -0.39 is 0 Å². The van der Waals surface area contributed by atoms with Gasteiger partial charge in [-0.2, -0.15) is 0 Å². The van der Waals surface area contributed by atoms with Crippen LogP contribution in [0.1, 0.15) is 0 Å². The second-order valence-corrected chi connectivity index (χ2v) is 3.99. The number of anilines is 1. The number of hydrogen-bond acceptors (Lipinski definition) is 6. The minimum Gasteiger partial charge on any atom is -0.493 e. The third kappa shape index (κ3) is 2.22. The zero-order valence-electron chi connectivity index (χ0n) is 10.8. The molecular weight excluding hydrogens is 268 g/mol. The molecule has 7 nitrogen and oxygen atoms in total. The van der Waals surface area contributed by atoms with Gasteiger partial charge in [0, 0.05) is 12.1 Å². The van der Waals surface area contributed by atoms with Crippen molar-refractivity contribution in [2.75, 3.05) is 27.1 Å². The van der Waals surface area contributed by atoms with Crippen molar-refractivity contribution in [1.29, 1.82) is 0 Å². The zero-order chi connectivity index (χ0) is 14.0. The summed E-state index contributed by atoms with van der Waals surface area (Å²) >= 11 is 5.13. The van der Waals surface area contributed by atoms with Crippen LogP contribution in [0, 0.1) is 4.77 Å². The van der Waals surface area contributed by atoms with Gasteiger partial charge in [-0.05, 0) is 12.2 Å². The first kappa shape index (κ1) is 13.2. The number of rotatable bonds is 4. The number of aromatic nitrogens is 3. The van der Waals surface area contributed by atoms with E-state index in [9.17, 15) is 0 Å². The number of methoxy groups -OCH3 is 3. The molecule has 8 heteroatoms. The second kappa shape index (κ2) is 5.19. The number of aromatic amines is 1. The van der Waals surface area contributed by atoms with Crippen molar-refractivity contribution in [3.8, 4) is 22.9 Å². The van der Waals surface area contributed by atoms with E-state index in [-0.39, 0.29) is 5.95 Å². The molecular formula is C11H14N4O3S. The molecule has 2 aromatic rings. The van der Waals surface area contributed by atoms with Crippen LogP contribution < -0.4 is 19.9 Å². The Bertz CT molecular complexity index is 625. The summed E-state index contributed by atoms with van der Waals surface area (Å²) in [7, 11) is 4.62. The van der Waals surface area contributed by atoms with Gasteiger partial charge in [-0.15, -0.1) is 5.10 Å². The lowest BCUT2D eigenvalue weighted by molar-refractivity contribution is 0.324. The molecule has 2 rings (SSSR count). The summed E-state index contributed by atoms with van der Waals surface area (Å²) in [6, 6.07) is 3.48. The van der Waals surface area contributed by atoms with Gasteiger partial charge in [0.25, 0.3) is 0 Å². The van der Waals surface area contributed by atoms with Gasteiger partial charge < -0.3 is 19.9 Å². The Balaban J connectivity index is 2.69. The van der Waals surface area contributed by atoms with Crippen molar-refractivity contribution in [3.05, 3.63) is 16.9 Å². The van der Waals surface area contributed by atoms with Crippen LogP contribution in [0.4, 0.5) is 5.95 Å². The molecule has 0 aliphatic heterocycles. The first-order valence-corrected chi connectivity index (χ1v) is 5.76. The van der Waals surface area contributed by atoms with Gasteiger partial charge >= 0.3 is 0 Å². The molecule has 0 fully saturated rings. The molecule has 0 atom stereocenters. The third-order valence-corrected chi connectivity index (χ3v) is 2.88. The fourth-order valence-electron chi connectivity index (χ4n) is 1.76. The SMILES string of the molecule is COc1cc(-n2c(N)n[nH]c2=S)cc(OC)c1OC. The average molecular weight is 282 g/mol. The molecule has 0 bridgehead atoms. The molecule has 3 N–H and O–H groups in total. The van der Waals surface area contributed by atoms with E-state index in [0.29, 0.717) is 27.7 Å². The van der Waals surface area contributed by atoms with Gasteiger partial charge in [-0.1, -0.05) is 0 Å². The van der Waals surface area contributed by atoms with Crippen LogP contribution in [0.5, 0.6) is 17.2 Å². The molecule has 1 aromatic heterocycles. The maximum absolute atomic E-state index is 5.77. The Morgan fingerprint density at radius 3 is 2.11 bits per heavy atom. The molecule has 1 heterocycles. The summed E-state index contributed by atoms with van der Waals surface area (Å²) in [5.41, 5.74) is 6.44. The maximum atomic E-state index is 5.77. The van der Waals surface area contributed by atoms with Crippen LogP contribution in [0.15, 0.2) is 12.1 Å². The fourth-order valence-corrected chi connectivity index (χ4v) is 2.00. The smallest absolute Gasteiger partial charge is 0.225 e. The number of benzene rings is 1. The highest BCUT2D eigenvalue weighted by Crippen LogP contribution is 2.39. The highest BCUT2D eigenvalue weighted by molar-refractivity contribution is 7.71. The van der Waals surface area contributed by atoms with E-state index in [4.69, 9.17) is 32.2 Å². The summed E-state index contributed by atoms with van der Waals surface area (Å²) in [5, 5.41) is 6.47. The van der Waals surface area contributed by atoms with Gasteiger partial charge in [0.2, 0.25) is 16.5 Å². The highest BCUT2D eigenvalue weighted by Gasteiger charge is 2.15. The number of ether oxygens (including phenoxy) is 3. The minimum atomic E-state index is 0.249. The summed E-state index contributed by atoms with van der Waals surface area (Å²) in [4.78, 5) is 0. The largest absolute Gasteiger partial charge is 0.493 e. The molecule has 0 amide bonds. The zero-order valence-corrected chi connectivity index (χ0v) is 11.6. The van der Waals surface area contributed by atoms with Gasteiger partial charge in [-0.3, -0.25) is 4.57 Å². The Labute approximate surface area is 114 Å². The van der Waals surface area contributed by atoms with Crippen molar-refractivity contribution in [2.45, 2.75) is 0 Å². The van der Waals surface area contributed by atoms with Gasteiger partial charge in [0.05, 0.1) is 27.0 Å². The monoisotopic (exact) mass is 282 g/mol. The molecule has 0 saturated heterocycles. The van der Waals surface area contributed by atoms with Gasteiger partial charge in [0.15, 0.2) is 11.5 Å². The molecule has 19 heavy (non-hydrogen) atoms. The lowest BCUT2D eigenvalue weighted by Crippen LogP contribution is -2.03. The second-order valence-electron chi connectivity index (χ2n) is 3.61. The van der Waals surface area contributed by atoms with E-state index in [2.05, 4.69) is 10.2 Å². The van der Waals surface area contributed by atoms with Crippen LogP contribution >= 0.6 is 12.2 Å². The molecule has 0 saturated carbocycles. The van der Waals surface area contributed by atoms with Crippen LogP contribution in [0.2, 0.25) is 0 Å². The van der Waals surface area contributed by atoms with Gasteiger partial charge in [0.1, 0.15) is 0 Å². The minimum absolute atomic E-state index is 0.249. The fraction of sp³-hybridized carbons (Fsp3) is 0.273. The first-order chi connectivity index (χ1) is 9.12. The van der Waals surface area contributed by atoms with E-state index in [1.165, 1.54) is 7.11 Å². The average Bonchev–Trinajstić information content (AvgIpc) is 2.76. The van der Waals surface area contributed by atoms with Crippen LogP contribution in [-0.4, -0.2) is 36.1 Å². The summed E-state index contributed by atoms with van der Waals surface area (Å²) in [5.74, 6) is 1.78. The summed E-state index contributed by atoms with van der Waals surface area (Å²) < 4.78 is 17.7. The lowest BCUT2D eigenvalue weighted by Gasteiger charge is -2.14. The predicted octanol–water partition coefficient (Wildman–Crippen LogP) is 1.54. The molecule has 1 aromatic carbocycles. The molecule has 0 aliphatic carbocycles. The maximum Gasteiger partial charge on any atom is 0.225 e. The number of nitrogens with two attached hydrogens (primary N) is 1. The van der Waals surface area contributed by atoms with Crippen molar-refractivity contribution >= 4 is 18.2 Å². The van der Waals surface area contributed by atoms with E-state index in [1.54, 1.807) is 30.9 Å². The standard InChI is InChI=1S/C11H14N4O3S/c1-16-7-4-6(5-8(17-2)9(7)18-3)15-10(12)13-14-11(15)19/h4-5H,1-3H3,(H2,12,13)(H,14,19). The van der Waals surface area contributed by atoms with Crippen molar-refractivity contribution in [2.24, 2.45) is 0 Å². The molecule has 0 unspecified atom stereocenters. The number of hydrogen-bond donors (Lipinski definition) is 2. The Kier molecular flexibility index (Phi) is 3.61.